The number of methoxy groups -OCH3 is 1. The zero-order valence-electron chi connectivity index (χ0n) is 24.1. The Morgan fingerprint density at radius 3 is 2.24 bits per heavy atom. The molecule has 0 radical (unpaired) electrons. The second-order valence-electron chi connectivity index (χ2n) is 10.7. The first-order chi connectivity index (χ1) is 19.8. The standard InChI is InChI=1S/C33H40Cl2N2O4/c1-22-16-30(34)32(31(35)17-22)41-15-14-40-29-10-6-24(7-11-29)18-26(20-36)33(38)37(28-8-9-28)21-27-19-25(12-13-39-3)5-4-23(27)2/h4-7,10-11,16-17,19,26,28H,8-9,12-15,18,20-21,36H2,1-3H3. The number of nitrogens with zero attached hydrogens (tertiary/aromatic N) is 1. The lowest BCUT2D eigenvalue weighted by atomic mass is 9.96. The fraction of sp³-hybridized carbons (Fsp3) is 0.424. The second kappa shape index (κ2) is 14.9. The third kappa shape index (κ3) is 8.86. The Balaban J connectivity index is 1.32. The average Bonchev–Trinajstić information content (AvgIpc) is 3.79. The molecule has 1 saturated carbocycles. The molecule has 0 bridgehead atoms. The summed E-state index contributed by atoms with van der Waals surface area (Å²) in [5, 5.41) is 0.962. The molecule has 1 amide bonds. The minimum absolute atomic E-state index is 0.127. The van der Waals surface area contributed by atoms with E-state index >= 15 is 0 Å². The van der Waals surface area contributed by atoms with Crippen molar-refractivity contribution in [2.24, 2.45) is 11.7 Å². The second-order valence-corrected chi connectivity index (χ2v) is 11.6. The molecule has 8 heteroatoms. The molecule has 0 aromatic heterocycles. The van der Waals surface area contributed by atoms with Gasteiger partial charge in [0.1, 0.15) is 19.0 Å². The van der Waals surface area contributed by atoms with Crippen molar-refractivity contribution in [2.75, 3.05) is 33.5 Å². The first kappa shape index (κ1) is 31.2. The van der Waals surface area contributed by atoms with Gasteiger partial charge in [0.25, 0.3) is 0 Å². The third-order valence-corrected chi connectivity index (χ3v) is 7.96. The molecule has 0 saturated heterocycles. The van der Waals surface area contributed by atoms with Crippen LogP contribution in [0.3, 0.4) is 0 Å². The van der Waals surface area contributed by atoms with Crippen molar-refractivity contribution in [2.45, 2.75) is 52.1 Å². The summed E-state index contributed by atoms with van der Waals surface area (Å²) in [4.78, 5) is 15.8. The lowest BCUT2D eigenvalue weighted by Crippen LogP contribution is -2.41. The van der Waals surface area contributed by atoms with Crippen LogP contribution in [0.15, 0.2) is 54.6 Å². The highest BCUT2D eigenvalue weighted by molar-refractivity contribution is 6.37. The van der Waals surface area contributed by atoms with E-state index in [4.69, 9.17) is 43.1 Å². The number of rotatable bonds is 15. The van der Waals surface area contributed by atoms with Gasteiger partial charge in [0.2, 0.25) is 5.91 Å². The van der Waals surface area contributed by atoms with Gasteiger partial charge >= 0.3 is 0 Å². The van der Waals surface area contributed by atoms with Gasteiger partial charge in [-0.25, -0.2) is 0 Å². The fourth-order valence-electron chi connectivity index (χ4n) is 4.87. The molecule has 0 heterocycles. The van der Waals surface area contributed by atoms with Crippen molar-refractivity contribution in [3.63, 3.8) is 0 Å². The van der Waals surface area contributed by atoms with Crippen LogP contribution >= 0.6 is 23.2 Å². The highest BCUT2D eigenvalue weighted by Crippen LogP contribution is 2.34. The molecular weight excluding hydrogens is 559 g/mol. The number of carbonyl (C=O) groups is 1. The number of nitrogens with two attached hydrogens (primary N) is 1. The summed E-state index contributed by atoms with van der Waals surface area (Å²) in [5.74, 6) is 1.03. The molecule has 1 atom stereocenters. The Morgan fingerprint density at radius 1 is 0.951 bits per heavy atom. The van der Waals surface area contributed by atoms with Crippen LogP contribution in [-0.2, 0) is 28.9 Å². The molecule has 0 spiro atoms. The SMILES string of the molecule is COCCc1ccc(C)c(CN(C(=O)C(CN)Cc2ccc(OCCOc3c(Cl)cc(C)cc3Cl)cc2)C2CC2)c1. The van der Waals surface area contributed by atoms with Gasteiger partial charge in [-0.3, -0.25) is 4.79 Å². The van der Waals surface area contributed by atoms with E-state index in [0.29, 0.717) is 61.2 Å². The van der Waals surface area contributed by atoms with Gasteiger partial charge in [-0.05, 0) is 91.6 Å². The highest BCUT2D eigenvalue weighted by atomic mass is 35.5. The summed E-state index contributed by atoms with van der Waals surface area (Å²) in [7, 11) is 1.71. The van der Waals surface area contributed by atoms with Gasteiger partial charge in [-0.2, -0.15) is 0 Å². The molecule has 3 aromatic rings. The van der Waals surface area contributed by atoms with Gasteiger partial charge < -0.3 is 24.8 Å². The zero-order valence-corrected chi connectivity index (χ0v) is 25.6. The fourth-order valence-corrected chi connectivity index (χ4v) is 5.57. The Morgan fingerprint density at radius 2 is 1.61 bits per heavy atom. The van der Waals surface area contributed by atoms with E-state index in [9.17, 15) is 4.79 Å². The summed E-state index contributed by atoms with van der Waals surface area (Å²) >= 11 is 12.5. The molecule has 41 heavy (non-hydrogen) atoms. The first-order valence-electron chi connectivity index (χ1n) is 14.2. The normalized spacial score (nSPS) is 13.6. The lowest BCUT2D eigenvalue weighted by molar-refractivity contribution is -0.136. The van der Waals surface area contributed by atoms with Crippen LogP contribution in [0, 0.1) is 19.8 Å². The number of carbonyl (C=O) groups excluding carboxylic acids is 1. The number of hydrogen-bond donors (Lipinski definition) is 1. The minimum Gasteiger partial charge on any atom is -0.490 e. The number of amides is 1. The van der Waals surface area contributed by atoms with Crippen LogP contribution < -0.4 is 15.2 Å². The molecule has 1 aliphatic carbocycles. The predicted octanol–water partition coefficient (Wildman–Crippen LogP) is 6.57. The monoisotopic (exact) mass is 598 g/mol. The van der Waals surface area contributed by atoms with Crippen molar-refractivity contribution < 1.29 is 19.0 Å². The number of hydrogen-bond acceptors (Lipinski definition) is 5. The molecule has 3 aromatic carbocycles. The molecule has 4 rings (SSSR count). The first-order valence-corrected chi connectivity index (χ1v) is 14.9. The number of halogens is 2. The quantitative estimate of drug-likeness (QED) is 0.200. The van der Waals surface area contributed by atoms with E-state index in [0.717, 1.165) is 36.1 Å². The maximum atomic E-state index is 13.7. The minimum atomic E-state index is -0.281. The van der Waals surface area contributed by atoms with Gasteiger partial charge in [0.15, 0.2) is 5.75 Å². The van der Waals surface area contributed by atoms with Crippen LogP contribution in [0.25, 0.3) is 0 Å². The Labute approximate surface area is 253 Å². The summed E-state index contributed by atoms with van der Waals surface area (Å²) < 4.78 is 16.8. The van der Waals surface area contributed by atoms with Crippen LogP contribution in [0.1, 0.15) is 40.7 Å². The smallest absolute Gasteiger partial charge is 0.227 e. The average molecular weight is 600 g/mol. The summed E-state index contributed by atoms with van der Waals surface area (Å²) in [5.41, 5.74) is 11.8. The van der Waals surface area contributed by atoms with Crippen LogP contribution in [0.2, 0.25) is 10.0 Å². The van der Waals surface area contributed by atoms with Crippen molar-refractivity contribution in [1.82, 2.24) is 4.90 Å². The van der Waals surface area contributed by atoms with Gasteiger partial charge in [-0.1, -0.05) is 53.5 Å². The summed E-state index contributed by atoms with van der Waals surface area (Å²) in [6.07, 6.45) is 3.53. The van der Waals surface area contributed by atoms with E-state index in [1.54, 1.807) is 7.11 Å². The molecule has 220 valence electrons. The Kier molecular flexibility index (Phi) is 11.3. The van der Waals surface area contributed by atoms with Crippen LogP contribution in [-0.4, -0.2) is 50.3 Å². The molecular formula is C33H40Cl2N2O4. The third-order valence-electron chi connectivity index (χ3n) is 7.40. The summed E-state index contributed by atoms with van der Waals surface area (Å²) in [6.45, 7) is 6.27. The lowest BCUT2D eigenvalue weighted by Gasteiger charge is -2.28. The highest BCUT2D eigenvalue weighted by Gasteiger charge is 2.35. The van der Waals surface area contributed by atoms with Gasteiger partial charge in [0.05, 0.1) is 22.6 Å². The molecule has 1 fully saturated rings. The van der Waals surface area contributed by atoms with Crippen molar-refractivity contribution in [3.8, 4) is 11.5 Å². The molecule has 6 nitrogen and oxygen atoms in total. The largest absolute Gasteiger partial charge is 0.490 e. The number of aryl methyl sites for hydroxylation is 2. The Bertz CT molecular complexity index is 1290. The molecule has 1 unspecified atom stereocenters. The molecule has 2 N–H and O–H groups in total. The predicted molar refractivity (Wildman–Crippen MR) is 165 cm³/mol. The summed E-state index contributed by atoms with van der Waals surface area (Å²) in [6, 6.07) is 18.2. The molecule has 0 aliphatic heterocycles. The maximum absolute atomic E-state index is 13.7. The number of benzene rings is 3. The van der Waals surface area contributed by atoms with Gasteiger partial charge in [-0.15, -0.1) is 0 Å². The molecule has 1 aliphatic rings. The van der Waals surface area contributed by atoms with Crippen molar-refractivity contribution in [1.29, 1.82) is 0 Å². The van der Waals surface area contributed by atoms with E-state index in [-0.39, 0.29) is 11.8 Å². The number of ether oxygens (including phenoxy) is 3. The van der Waals surface area contributed by atoms with E-state index in [1.807, 2.05) is 48.2 Å². The topological polar surface area (TPSA) is 74.0 Å². The van der Waals surface area contributed by atoms with Crippen LogP contribution in [0.4, 0.5) is 0 Å². The van der Waals surface area contributed by atoms with Gasteiger partial charge in [0, 0.05) is 26.2 Å². The zero-order chi connectivity index (χ0) is 29.4. The van der Waals surface area contributed by atoms with E-state index in [2.05, 4.69) is 25.1 Å². The van der Waals surface area contributed by atoms with E-state index in [1.165, 1.54) is 16.7 Å². The van der Waals surface area contributed by atoms with Crippen LogP contribution in [0.5, 0.6) is 11.5 Å². The van der Waals surface area contributed by atoms with Crippen molar-refractivity contribution in [3.05, 3.63) is 92.5 Å². The van der Waals surface area contributed by atoms with E-state index < -0.39 is 0 Å². The maximum Gasteiger partial charge on any atom is 0.227 e. The Hall–Kier alpha value is -2.77. The van der Waals surface area contributed by atoms with Crippen molar-refractivity contribution >= 4 is 29.1 Å².